The van der Waals surface area contributed by atoms with Gasteiger partial charge in [0.2, 0.25) is 0 Å². The van der Waals surface area contributed by atoms with Gasteiger partial charge in [0.15, 0.2) is 0 Å². The average Bonchev–Trinajstić information content (AvgIpc) is 2.70. The van der Waals surface area contributed by atoms with Crippen LogP contribution in [0.4, 0.5) is 0 Å². The molecular formula is C26H26O2Y14-4. The molecule has 0 aliphatic carbocycles. The second kappa shape index (κ2) is 57.8. The van der Waals surface area contributed by atoms with Crippen molar-refractivity contribution < 1.29 is 468 Å². The molecule has 2 N–H and O–H groups in total. The third-order valence-electron chi connectivity index (χ3n) is 3.78. The van der Waals surface area contributed by atoms with E-state index in [1.807, 2.05) is 24.3 Å². The van der Waals surface area contributed by atoms with E-state index >= 15 is 0 Å². The Hall–Kier alpha value is 12.5. The van der Waals surface area contributed by atoms with Crippen LogP contribution in [0.2, 0.25) is 0 Å². The SMILES string of the molecule is CCC.CCC.Oc1[c-]cc2c[c-]ccc2c1-c1c(O)[c-]cc2c[c-]ccc12.[Y].[Y].[Y].[Y].[Y].[Y].[Y].[Y].[Y].[Y].[Y].[Y].[Y].[Y]. The number of fused-ring (bicyclic) bond motifs is 2. The molecule has 0 unspecified atom stereocenters. The molecule has 0 fully saturated rings. The molecule has 4 aromatic carbocycles. The van der Waals surface area contributed by atoms with Crippen molar-refractivity contribution in [3.8, 4) is 22.6 Å². The molecule has 0 aliphatic heterocycles. The van der Waals surface area contributed by atoms with Gasteiger partial charge in [0.05, 0.1) is 0 Å². The summed E-state index contributed by atoms with van der Waals surface area (Å²) in [5, 5.41) is 24.2. The minimum Gasteiger partial charge on any atom is -0.534 e. The Balaban J connectivity index is -0.0000000357. The van der Waals surface area contributed by atoms with Crippen LogP contribution in [0.25, 0.3) is 32.7 Å². The van der Waals surface area contributed by atoms with Gasteiger partial charge < -0.3 is 10.2 Å². The van der Waals surface area contributed by atoms with Crippen molar-refractivity contribution in [2.45, 2.75) is 40.5 Å². The fourth-order valence-corrected chi connectivity index (χ4v) is 2.78. The summed E-state index contributed by atoms with van der Waals surface area (Å²) in [7, 11) is 0. The summed E-state index contributed by atoms with van der Waals surface area (Å²) >= 11 is 0. The van der Waals surface area contributed by atoms with E-state index in [4.69, 9.17) is 0 Å². The monoisotopic (exact) mass is 1610 g/mol. The van der Waals surface area contributed by atoms with Gasteiger partial charge in [-0.05, 0) is 11.5 Å². The van der Waals surface area contributed by atoms with E-state index in [9.17, 15) is 10.2 Å². The van der Waals surface area contributed by atoms with E-state index in [1.165, 1.54) is 12.8 Å². The van der Waals surface area contributed by atoms with E-state index in [0.29, 0.717) is 11.1 Å². The quantitative estimate of drug-likeness (QED) is 0.201. The van der Waals surface area contributed by atoms with Gasteiger partial charge in [-0.3, -0.25) is 0 Å². The van der Waals surface area contributed by atoms with Crippen LogP contribution in [0.5, 0.6) is 11.5 Å². The number of rotatable bonds is 1. The maximum absolute atomic E-state index is 10.3. The molecule has 0 bridgehead atoms. The van der Waals surface area contributed by atoms with E-state index in [-0.39, 0.29) is 469 Å². The second-order valence-electron chi connectivity index (χ2n) is 6.47. The molecule has 188 valence electrons. The molecule has 0 saturated carbocycles. The molecule has 0 aliphatic rings. The van der Waals surface area contributed by atoms with Crippen LogP contribution in [0.3, 0.4) is 0 Å². The molecule has 0 heterocycles. The minimum atomic E-state index is 0. The predicted molar refractivity (Wildman–Crippen MR) is 117 cm³/mol. The van der Waals surface area contributed by atoms with Crippen LogP contribution in [-0.2, 0) is 458 Å². The van der Waals surface area contributed by atoms with Gasteiger partial charge >= 0.3 is 0 Å². The summed E-state index contributed by atoms with van der Waals surface area (Å²) in [6.45, 7) is 8.50. The van der Waals surface area contributed by atoms with E-state index in [2.05, 4.69) is 52.0 Å². The predicted octanol–water partition coefficient (Wildman–Crippen LogP) is 7.07. The Bertz CT molecular complexity index is 988. The van der Waals surface area contributed by atoms with Gasteiger partial charge in [-0.2, -0.15) is 82.2 Å². The van der Waals surface area contributed by atoms with Crippen molar-refractivity contribution in [1.29, 1.82) is 0 Å². The first-order valence-corrected chi connectivity index (χ1v) is 9.66. The van der Waals surface area contributed by atoms with Crippen molar-refractivity contribution in [3.05, 3.63) is 72.8 Å². The normalized spacial score (nSPS) is 6.67. The van der Waals surface area contributed by atoms with Gasteiger partial charge in [-0.15, -0.1) is 23.3 Å². The van der Waals surface area contributed by atoms with E-state index in [1.54, 1.807) is 24.3 Å². The standard InChI is InChI=1S/C20H10O2.2C3H8.14Y/c21-17-11-9-13-5-1-3-7-15(13)19(17)20-16-8-4-2-6-14(16)10-12-18(20)22;2*1-3-2;;;;;;;;;;;;;;/h3-10,21-22H;2*3H2,1-2H3;;;;;;;;;;;;;;/q-4;;;;;;;;;;;;;;;;. The molecule has 2 nitrogen and oxygen atoms in total. The summed E-state index contributed by atoms with van der Waals surface area (Å²) in [5.74, 6) is 0.00506. The molecule has 14 radical (unpaired) electrons. The number of hydrogen-bond donors (Lipinski definition) is 2. The Kier molecular flexibility index (Phi) is 125. The fourth-order valence-electron chi connectivity index (χ4n) is 2.78. The summed E-state index contributed by atoms with van der Waals surface area (Å²) in [6, 6.07) is 26.1. The smallest absolute Gasteiger partial charge is 0 e. The third kappa shape index (κ3) is 33.4. The first kappa shape index (κ1) is 90.5. The second-order valence-corrected chi connectivity index (χ2v) is 6.47. The van der Waals surface area contributed by atoms with Crippen LogP contribution in [0.15, 0.2) is 48.5 Å². The Morgan fingerprint density at radius 1 is 0.452 bits per heavy atom. The average molecular weight is 1620 g/mol. The number of hydrogen-bond acceptors (Lipinski definition) is 2. The van der Waals surface area contributed by atoms with Gasteiger partial charge in [0, 0.05) is 458 Å². The zero-order chi connectivity index (χ0) is 20.5. The van der Waals surface area contributed by atoms with Crippen molar-refractivity contribution in [1.82, 2.24) is 0 Å². The van der Waals surface area contributed by atoms with Gasteiger partial charge in [-0.1, -0.05) is 40.5 Å². The van der Waals surface area contributed by atoms with Crippen molar-refractivity contribution in [3.63, 3.8) is 0 Å². The summed E-state index contributed by atoms with van der Waals surface area (Å²) in [5.41, 5.74) is 1.11. The maximum atomic E-state index is 10.3. The van der Waals surface area contributed by atoms with Crippen molar-refractivity contribution in [2.75, 3.05) is 0 Å². The molecule has 42 heavy (non-hydrogen) atoms. The summed E-state index contributed by atoms with van der Waals surface area (Å²) < 4.78 is 0. The molecule has 0 aromatic heterocycles. The first-order valence-electron chi connectivity index (χ1n) is 9.66. The van der Waals surface area contributed by atoms with Crippen LogP contribution in [-0.4, -0.2) is 10.2 Å². The molecular weight excluding hydrogens is 1590 g/mol. The van der Waals surface area contributed by atoms with E-state index in [0.717, 1.165) is 21.5 Å². The number of phenols is 2. The van der Waals surface area contributed by atoms with E-state index < -0.39 is 0 Å². The fraction of sp³-hybridized carbons (Fsp3) is 0.231. The zero-order valence-electron chi connectivity index (χ0n) is 25.0. The summed E-state index contributed by atoms with van der Waals surface area (Å²) in [6.07, 6.45) is 2.50. The topological polar surface area (TPSA) is 40.5 Å². The molecule has 0 spiro atoms. The minimum absolute atomic E-state index is 0. The Morgan fingerprint density at radius 2 is 0.690 bits per heavy atom. The van der Waals surface area contributed by atoms with Gasteiger partial charge in [0.25, 0.3) is 0 Å². The molecule has 4 rings (SSSR count). The summed E-state index contributed by atoms with van der Waals surface area (Å²) in [4.78, 5) is 0. The molecule has 0 saturated heterocycles. The van der Waals surface area contributed by atoms with Crippen molar-refractivity contribution in [2.24, 2.45) is 0 Å². The van der Waals surface area contributed by atoms with Crippen LogP contribution >= 0.6 is 0 Å². The molecule has 0 atom stereocenters. The Morgan fingerprint density at radius 3 is 0.929 bits per heavy atom. The zero-order valence-corrected chi connectivity index (χ0v) is 64.7. The van der Waals surface area contributed by atoms with Crippen LogP contribution in [0, 0.1) is 24.3 Å². The Labute approximate surface area is 607 Å². The van der Waals surface area contributed by atoms with Gasteiger partial charge in [0.1, 0.15) is 0 Å². The number of benzene rings is 4. The maximum Gasteiger partial charge on any atom is 0 e. The van der Waals surface area contributed by atoms with Crippen molar-refractivity contribution >= 4 is 21.5 Å². The first-order chi connectivity index (χ1) is 13.6. The van der Waals surface area contributed by atoms with Crippen LogP contribution < -0.4 is 0 Å². The number of phenolic OH excluding ortho intramolecular Hbond substituents is 2. The molecule has 0 amide bonds. The largest absolute Gasteiger partial charge is 0.534 e. The van der Waals surface area contributed by atoms with Crippen LogP contribution in [0.1, 0.15) is 40.5 Å². The molecule has 4 aromatic rings. The third-order valence-corrected chi connectivity index (χ3v) is 3.78. The molecule has 16 heteroatoms. The number of aromatic hydroxyl groups is 2. The van der Waals surface area contributed by atoms with Gasteiger partial charge in [-0.25, -0.2) is 0 Å².